The average Bonchev–Trinajstić information content (AvgIpc) is 2.64. The van der Waals surface area contributed by atoms with Crippen LogP contribution in [0.5, 0.6) is 0 Å². The quantitative estimate of drug-likeness (QED) is 0.624. The third kappa shape index (κ3) is 6.32. The Kier molecular flexibility index (Phi) is 7.96. The van der Waals surface area contributed by atoms with Gasteiger partial charge in [0.25, 0.3) is 0 Å². The first kappa shape index (κ1) is 21.9. The Morgan fingerprint density at radius 3 is 2.32 bits per heavy atom. The van der Waals surface area contributed by atoms with E-state index in [1.54, 1.807) is 35.2 Å². The van der Waals surface area contributed by atoms with E-state index in [4.69, 9.17) is 27.9 Å². The third-order valence-corrected chi connectivity index (χ3v) is 4.60. The fourth-order valence-electron chi connectivity index (χ4n) is 2.49. The van der Waals surface area contributed by atoms with Crippen LogP contribution in [0.1, 0.15) is 18.1 Å². The lowest BCUT2D eigenvalue weighted by Crippen LogP contribution is -2.38. The Morgan fingerprint density at radius 1 is 0.964 bits per heavy atom. The SMILES string of the molecule is CCN(CCOC(=O)Nc1ccc(Cl)cc1C)C(=O)Nc1cc(Cl)ccc1C. The molecule has 0 fully saturated rings. The predicted octanol–water partition coefficient (Wildman–Crippen LogP) is 5.71. The second-order valence-corrected chi connectivity index (χ2v) is 7.06. The maximum Gasteiger partial charge on any atom is 0.411 e. The zero-order valence-corrected chi connectivity index (χ0v) is 17.5. The summed E-state index contributed by atoms with van der Waals surface area (Å²) < 4.78 is 5.18. The number of nitrogens with one attached hydrogen (secondary N) is 2. The molecule has 150 valence electrons. The van der Waals surface area contributed by atoms with Crippen molar-refractivity contribution in [3.8, 4) is 0 Å². The van der Waals surface area contributed by atoms with Crippen LogP contribution >= 0.6 is 23.2 Å². The molecular formula is C20H23Cl2N3O3. The zero-order chi connectivity index (χ0) is 20.7. The van der Waals surface area contributed by atoms with Crippen molar-refractivity contribution in [2.75, 3.05) is 30.3 Å². The van der Waals surface area contributed by atoms with Crippen molar-refractivity contribution in [3.05, 3.63) is 57.6 Å². The summed E-state index contributed by atoms with van der Waals surface area (Å²) in [6, 6.07) is 10.1. The van der Waals surface area contributed by atoms with E-state index in [0.717, 1.165) is 11.1 Å². The van der Waals surface area contributed by atoms with Crippen LogP contribution in [0.4, 0.5) is 21.0 Å². The molecule has 2 aromatic carbocycles. The molecule has 0 bridgehead atoms. The van der Waals surface area contributed by atoms with Gasteiger partial charge < -0.3 is 15.0 Å². The monoisotopic (exact) mass is 423 g/mol. The van der Waals surface area contributed by atoms with Crippen LogP contribution in [0, 0.1) is 13.8 Å². The summed E-state index contributed by atoms with van der Waals surface area (Å²) in [5, 5.41) is 6.62. The van der Waals surface area contributed by atoms with Crippen molar-refractivity contribution in [2.24, 2.45) is 0 Å². The van der Waals surface area contributed by atoms with Crippen LogP contribution in [0.2, 0.25) is 10.0 Å². The molecule has 0 aliphatic carbocycles. The molecule has 2 rings (SSSR count). The van der Waals surface area contributed by atoms with E-state index in [1.165, 1.54) is 0 Å². The molecule has 0 spiro atoms. The average molecular weight is 424 g/mol. The Labute approximate surface area is 174 Å². The number of carbonyl (C=O) groups is 2. The summed E-state index contributed by atoms with van der Waals surface area (Å²) >= 11 is 11.9. The second kappa shape index (κ2) is 10.2. The molecule has 6 nitrogen and oxygen atoms in total. The molecule has 3 amide bonds. The smallest absolute Gasteiger partial charge is 0.411 e. The fourth-order valence-corrected chi connectivity index (χ4v) is 2.89. The second-order valence-electron chi connectivity index (χ2n) is 6.19. The zero-order valence-electron chi connectivity index (χ0n) is 16.0. The van der Waals surface area contributed by atoms with Gasteiger partial charge in [-0.05, 0) is 62.2 Å². The highest BCUT2D eigenvalue weighted by molar-refractivity contribution is 6.31. The van der Waals surface area contributed by atoms with Gasteiger partial charge in [0.05, 0.1) is 6.54 Å². The predicted molar refractivity (Wildman–Crippen MR) is 114 cm³/mol. The molecule has 2 aromatic rings. The van der Waals surface area contributed by atoms with Gasteiger partial charge in [-0.1, -0.05) is 29.3 Å². The minimum atomic E-state index is -0.590. The van der Waals surface area contributed by atoms with Crippen LogP contribution in [-0.2, 0) is 4.74 Å². The van der Waals surface area contributed by atoms with Gasteiger partial charge in [-0.15, -0.1) is 0 Å². The first-order valence-electron chi connectivity index (χ1n) is 8.82. The standard InChI is InChI=1S/C20H23Cl2N3O3/c1-4-25(19(26)23-18-12-16(22)6-5-13(18)2)9-10-28-20(27)24-17-8-7-15(21)11-14(17)3/h5-8,11-12H,4,9-10H2,1-3H3,(H,23,26)(H,24,27). The van der Waals surface area contributed by atoms with Gasteiger partial charge in [0.15, 0.2) is 0 Å². The maximum atomic E-state index is 12.5. The molecule has 0 heterocycles. The molecule has 2 N–H and O–H groups in total. The molecule has 0 saturated heterocycles. The van der Waals surface area contributed by atoms with Crippen molar-refractivity contribution in [1.29, 1.82) is 0 Å². The normalized spacial score (nSPS) is 10.3. The first-order chi connectivity index (χ1) is 13.3. The van der Waals surface area contributed by atoms with Crippen LogP contribution in [0.25, 0.3) is 0 Å². The lowest BCUT2D eigenvalue weighted by atomic mass is 10.2. The summed E-state index contributed by atoms with van der Waals surface area (Å²) in [4.78, 5) is 26.0. The number of rotatable bonds is 6. The molecule has 0 aromatic heterocycles. The number of anilines is 2. The van der Waals surface area contributed by atoms with Gasteiger partial charge in [0.1, 0.15) is 6.61 Å². The number of benzene rings is 2. The van der Waals surface area contributed by atoms with Crippen LogP contribution in [0.3, 0.4) is 0 Å². The van der Waals surface area contributed by atoms with Crippen molar-refractivity contribution < 1.29 is 14.3 Å². The van der Waals surface area contributed by atoms with E-state index < -0.39 is 6.09 Å². The number of urea groups is 1. The highest BCUT2D eigenvalue weighted by atomic mass is 35.5. The van der Waals surface area contributed by atoms with Crippen molar-refractivity contribution in [3.63, 3.8) is 0 Å². The molecule has 0 unspecified atom stereocenters. The van der Waals surface area contributed by atoms with Crippen molar-refractivity contribution in [1.82, 2.24) is 4.90 Å². The number of hydrogen-bond donors (Lipinski definition) is 2. The molecule has 0 aliphatic rings. The number of aryl methyl sites for hydroxylation is 2. The topological polar surface area (TPSA) is 70.7 Å². The van der Waals surface area contributed by atoms with Gasteiger partial charge in [0, 0.05) is 28.0 Å². The van der Waals surface area contributed by atoms with Gasteiger partial charge in [0.2, 0.25) is 0 Å². The molecule has 0 radical (unpaired) electrons. The summed E-state index contributed by atoms with van der Waals surface area (Å²) in [6.45, 7) is 6.36. The van der Waals surface area contributed by atoms with Crippen LogP contribution in [0.15, 0.2) is 36.4 Å². The number of likely N-dealkylation sites (N-methyl/N-ethyl adjacent to an activating group) is 1. The van der Waals surface area contributed by atoms with E-state index in [2.05, 4.69) is 10.6 Å². The Balaban J connectivity index is 1.84. The van der Waals surface area contributed by atoms with Crippen LogP contribution in [-0.4, -0.2) is 36.7 Å². The van der Waals surface area contributed by atoms with E-state index in [9.17, 15) is 9.59 Å². The molecule has 8 heteroatoms. The molecule has 28 heavy (non-hydrogen) atoms. The number of carbonyl (C=O) groups excluding carboxylic acids is 2. The summed E-state index contributed by atoms with van der Waals surface area (Å²) in [5.41, 5.74) is 3.00. The number of hydrogen-bond acceptors (Lipinski definition) is 3. The number of nitrogens with zero attached hydrogens (tertiary/aromatic N) is 1. The highest BCUT2D eigenvalue weighted by Gasteiger charge is 2.14. The summed E-state index contributed by atoms with van der Waals surface area (Å²) in [7, 11) is 0. The largest absolute Gasteiger partial charge is 0.447 e. The van der Waals surface area contributed by atoms with Crippen molar-refractivity contribution >= 4 is 46.7 Å². The van der Waals surface area contributed by atoms with E-state index in [1.807, 2.05) is 26.8 Å². The van der Waals surface area contributed by atoms with Gasteiger partial charge in [-0.2, -0.15) is 0 Å². The number of amides is 3. The molecule has 0 saturated carbocycles. The number of halogens is 2. The minimum absolute atomic E-state index is 0.0637. The maximum absolute atomic E-state index is 12.5. The van der Waals surface area contributed by atoms with Crippen molar-refractivity contribution in [2.45, 2.75) is 20.8 Å². The molecule has 0 atom stereocenters. The molecule has 0 aliphatic heterocycles. The van der Waals surface area contributed by atoms with E-state index in [0.29, 0.717) is 28.0 Å². The summed E-state index contributed by atoms with van der Waals surface area (Å²) in [5.74, 6) is 0. The van der Waals surface area contributed by atoms with Gasteiger partial charge >= 0.3 is 12.1 Å². The number of ether oxygens (including phenoxy) is 1. The third-order valence-electron chi connectivity index (χ3n) is 4.13. The fraction of sp³-hybridized carbons (Fsp3) is 0.300. The minimum Gasteiger partial charge on any atom is -0.447 e. The van der Waals surface area contributed by atoms with Gasteiger partial charge in [-0.25, -0.2) is 9.59 Å². The Hall–Kier alpha value is -2.44. The lowest BCUT2D eigenvalue weighted by molar-refractivity contribution is 0.145. The van der Waals surface area contributed by atoms with Gasteiger partial charge in [-0.3, -0.25) is 5.32 Å². The Bertz CT molecular complexity index is 859. The van der Waals surface area contributed by atoms with E-state index >= 15 is 0 Å². The molecular weight excluding hydrogens is 401 g/mol. The van der Waals surface area contributed by atoms with E-state index in [-0.39, 0.29) is 19.2 Å². The highest BCUT2D eigenvalue weighted by Crippen LogP contribution is 2.21. The first-order valence-corrected chi connectivity index (χ1v) is 9.57. The Morgan fingerprint density at radius 2 is 1.64 bits per heavy atom. The summed E-state index contributed by atoms with van der Waals surface area (Å²) in [6.07, 6.45) is -0.590. The van der Waals surface area contributed by atoms with Crippen LogP contribution < -0.4 is 10.6 Å². The lowest BCUT2D eigenvalue weighted by Gasteiger charge is -2.22.